The zero-order chi connectivity index (χ0) is 13.9. The van der Waals surface area contributed by atoms with E-state index in [1.807, 2.05) is 20.8 Å². The Balaban J connectivity index is 2.69. The first-order valence-corrected chi connectivity index (χ1v) is 6.38. The van der Waals surface area contributed by atoms with Gasteiger partial charge in [-0.1, -0.05) is 23.2 Å². The predicted octanol–water partition coefficient (Wildman–Crippen LogP) is 4.14. The van der Waals surface area contributed by atoms with Crippen molar-refractivity contribution in [3.63, 3.8) is 0 Å². The van der Waals surface area contributed by atoms with Crippen LogP contribution in [0, 0.1) is 0 Å². The molecular formula is C13H17Cl2NO2. The fourth-order valence-electron chi connectivity index (χ4n) is 1.34. The molecule has 0 heterocycles. The molecule has 1 unspecified atom stereocenters. The molecule has 0 saturated carbocycles. The summed E-state index contributed by atoms with van der Waals surface area (Å²) in [6.07, 6.45) is 0. The van der Waals surface area contributed by atoms with Gasteiger partial charge < -0.3 is 10.1 Å². The summed E-state index contributed by atoms with van der Waals surface area (Å²) in [5.41, 5.74) is 0.185. The van der Waals surface area contributed by atoms with E-state index in [4.69, 9.17) is 27.9 Å². The van der Waals surface area contributed by atoms with Crippen LogP contribution in [0.3, 0.4) is 0 Å². The Bertz CT molecular complexity index is 421. The second-order valence-electron chi connectivity index (χ2n) is 5.06. The molecule has 1 rings (SSSR count). The topological polar surface area (TPSA) is 38.3 Å². The monoisotopic (exact) mass is 289 g/mol. The Morgan fingerprint density at radius 3 is 2.17 bits per heavy atom. The van der Waals surface area contributed by atoms with Crippen molar-refractivity contribution in [1.29, 1.82) is 0 Å². The highest BCUT2D eigenvalue weighted by Gasteiger charge is 2.21. The van der Waals surface area contributed by atoms with Gasteiger partial charge in [-0.3, -0.25) is 0 Å². The number of carbonyl (C=O) groups excluding carboxylic acids is 1. The maximum atomic E-state index is 11.8. The molecule has 100 valence electrons. The lowest BCUT2D eigenvalue weighted by molar-refractivity contribution is -0.155. The molecule has 1 aromatic rings. The molecule has 0 spiro atoms. The second-order valence-corrected chi connectivity index (χ2v) is 5.93. The lowest BCUT2D eigenvalue weighted by Gasteiger charge is -2.23. The van der Waals surface area contributed by atoms with E-state index in [1.165, 1.54) is 0 Å². The SMILES string of the molecule is CC(Nc1cc(Cl)cc(Cl)c1)C(=O)OC(C)(C)C. The number of hydrogen-bond acceptors (Lipinski definition) is 3. The van der Waals surface area contributed by atoms with Crippen molar-refractivity contribution in [2.45, 2.75) is 39.3 Å². The summed E-state index contributed by atoms with van der Waals surface area (Å²) >= 11 is 11.8. The van der Waals surface area contributed by atoms with E-state index >= 15 is 0 Å². The standard InChI is InChI=1S/C13H17Cl2NO2/c1-8(12(17)18-13(2,3)4)16-11-6-9(14)5-10(15)7-11/h5-8,16H,1-4H3. The van der Waals surface area contributed by atoms with Gasteiger partial charge in [0.1, 0.15) is 11.6 Å². The van der Waals surface area contributed by atoms with E-state index in [0.29, 0.717) is 15.7 Å². The number of carbonyl (C=O) groups is 1. The minimum absolute atomic E-state index is 0.321. The van der Waals surface area contributed by atoms with Crippen LogP contribution in [0.5, 0.6) is 0 Å². The molecule has 0 aliphatic carbocycles. The lowest BCUT2D eigenvalue weighted by atomic mass is 10.2. The largest absolute Gasteiger partial charge is 0.458 e. The number of halogens is 2. The number of benzene rings is 1. The fourth-order valence-corrected chi connectivity index (χ4v) is 1.86. The van der Waals surface area contributed by atoms with Crippen LogP contribution in [-0.2, 0) is 9.53 Å². The summed E-state index contributed by atoms with van der Waals surface area (Å²) in [7, 11) is 0. The molecule has 0 aromatic heterocycles. The zero-order valence-electron chi connectivity index (χ0n) is 10.9. The van der Waals surface area contributed by atoms with Crippen molar-refractivity contribution in [3.05, 3.63) is 28.2 Å². The number of esters is 1. The Morgan fingerprint density at radius 1 is 1.22 bits per heavy atom. The summed E-state index contributed by atoms with van der Waals surface area (Å²) in [5, 5.41) is 4.03. The smallest absolute Gasteiger partial charge is 0.328 e. The molecular weight excluding hydrogens is 273 g/mol. The van der Waals surface area contributed by atoms with Crippen molar-refractivity contribution in [2.75, 3.05) is 5.32 Å². The van der Waals surface area contributed by atoms with Gasteiger partial charge in [0.2, 0.25) is 0 Å². The molecule has 0 radical (unpaired) electrons. The van der Waals surface area contributed by atoms with Gasteiger partial charge >= 0.3 is 5.97 Å². The number of anilines is 1. The summed E-state index contributed by atoms with van der Waals surface area (Å²) in [4.78, 5) is 11.8. The van der Waals surface area contributed by atoms with E-state index < -0.39 is 11.6 Å². The molecule has 5 heteroatoms. The van der Waals surface area contributed by atoms with Gasteiger partial charge in [-0.15, -0.1) is 0 Å². The molecule has 1 atom stereocenters. The number of rotatable bonds is 3. The van der Waals surface area contributed by atoms with Crippen molar-refractivity contribution >= 4 is 34.9 Å². The van der Waals surface area contributed by atoms with Gasteiger partial charge in [-0.2, -0.15) is 0 Å². The van der Waals surface area contributed by atoms with Gasteiger partial charge in [0.25, 0.3) is 0 Å². The third-order valence-electron chi connectivity index (χ3n) is 2.01. The third kappa shape index (κ3) is 5.15. The van der Waals surface area contributed by atoms with Crippen LogP contribution in [-0.4, -0.2) is 17.6 Å². The molecule has 18 heavy (non-hydrogen) atoms. The average Bonchev–Trinajstić information content (AvgIpc) is 2.12. The number of ether oxygens (including phenoxy) is 1. The lowest BCUT2D eigenvalue weighted by Crippen LogP contribution is -2.34. The molecule has 0 aliphatic heterocycles. The highest BCUT2D eigenvalue weighted by Crippen LogP contribution is 2.23. The normalized spacial score (nSPS) is 13.0. The first-order chi connectivity index (χ1) is 8.17. The molecule has 0 fully saturated rings. The second kappa shape index (κ2) is 5.81. The maximum Gasteiger partial charge on any atom is 0.328 e. The quantitative estimate of drug-likeness (QED) is 0.850. The Hall–Kier alpha value is -0.930. The van der Waals surface area contributed by atoms with Crippen molar-refractivity contribution in [3.8, 4) is 0 Å². The Morgan fingerprint density at radius 2 is 1.72 bits per heavy atom. The van der Waals surface area contributed by atoms with Crippen LogP contribution in [0.1, 0.15) is 27.7 Å². The Labute approximate surface area is 117 Å². The van der Waals surface area contributed by atoms with E-state index in [0.717, 1.165) is 0 Å². The van der Waals surface area contributed by atoms with Crippen LogP contribution in [0.4, 0.5) is 5.69 Å². The van der Waals surface area contributed by atoms with E-state index in [1.54, 1.807) is 25.1 Å². The van der Waals surface area contributed by atoms with Gasteiger partial charge in [0.05, 0.1) is 0 Å². The van der Waals surface area contributed by atoms with E-state index in [-0.39, 0.29) is 5.97 Å². The Kier molecular flexibility index (Phi) is 4.88. The van der Waals surface area contributed by atoms with Crippen LogP contribution < -0.4 is 5.32 Å². The molecule has 0 aliphatic rings. The predicted molar refractivity (Wildman–Crippen MR) is 75.4 cm³/mol. The summed E-state index contributed by atoms with van der Waals surface area (Å²) in [6.45, 7) is 7.21. The molecule has 1 N–H and O–H groups in total. The van der Waals surface area contributed by atoms with Gasteiger partial charge in [-0.05, 0) is 45.9 Å². The molecule has 0 bridgehead atoms. The van der Waals surface area contributed by atoms with Gasteiger partial charge in [-0.25, -0.2) is 4.79 Å². The first kappa shape index (κ1) is 15.1. The zero-order valence-corrected chi connectivity index (χ0v) is 12.4. The van der Waals surface area contributed by atoms with Crippen LogP contribution in [0.2, 0.25) is 10.0 Å². The van der Waals surface area contributed by atoms with Crippen molar-refractivity contribution in [2.24, 2.45) is 0 Å². The molecule has 1 aromatic carbocycles. The van der Waals surface area contributed by atoms with Gasteiger partial charge in [0.15, 0.2) is 0 Å². The minimum atomic E-state index is -0.501. The van der Waals surface area contributed by atoms with Crippen LogP contribution >= 0.6 is 23.2 Å². The highest BCUT2D eigenvalue weighted by molar-refractivity contribution is 6.35. The summed E-state index contributed by atoms with van der Waals surface area (Å²) in [6, 6.07) is 4.56. The molecule has 3 nitrogen and oxygen atoms in total. The average molecular weight is 290 g/mol. The van der Waals surface area contributed by atoms with Gasteiger partial charge in [0, 0.05) is 15.7 Å². The van der Waals surface area contributed by atoms with E-state index in [2.05, 4.69) is 5.32 Å². The van der Waals surface area contributed by atoms with Crippen molar-refractivity contribution in [1.82, 2.24) is 0 Å². The highest BCUT2D eigenvalue weighted by atomic mass is 35.5. The molecule has 0 amide bonds. The van der Waals surface area contributed by atoms with E-state index in [9.17, 15) is 4.79 Å². The first-order valence-electron chi connectivity index (χ1n) is 5.63. The summed E-state index contributed by atoms with van der Waals surface area (Å²) in [5.74, 6) is -0.321. The minimum Gasteiger partial charge on any atom is -0.458 e. The number of nitrogens with one attached hydrogen (secondary N) is 1. The third-order valence-corrected chi connectivity index (χ3v) is 2.44. The fraction of sp³-hybridized carbons (Fsp3) is 0.462. The molecule has 0 saturated heterocycles. The van der Waals surface area contributed by atoms with Crippen molar-refractivity contribution < 1.29 is 9.53 Å². The van der Waals surface area contributed by atoms with Crippen LogP contribution in [0.15, 0.2) is 18.2 Å². The van der Waals surface area contributed by atoms with Crippen LogP contribution in [0.25, 0.3) is 0 Å². The number of hydrogen-bond donors (Lipinski definition) is 1. The maximum absolute atomic E-state index is 11.8. The summed E-state index contributed by atoms with van der Waals surface area (Å²) < 4.78 is 5.26.